The van der Waals surface area contributed by atoms with Crippen molar-refractivity contribution in [3.05, 3.63) is 65.2 Å². The van der Waals surface area contributed by atoms with Gasteiger partial charge in [0.2, 0.25) is 11.9 Å². The van der Waals surface area contributed by atoms with Crippen molar-refractivity contribution >= 4 is 33.2 Å². The number of aryl methyl sites for hydroxylation is 1. The molecule has 0 saturated carbocycles. The number of ether oxygens (including phenoxy) is 1. The Hall–Kier alpha value is -3.79. The average molecular weight is 482 g/mol. The largest absolute Gasteiger partial charge is 0.496 e. The van der Waals surface area contributed by atoms with Crippen LogP contribution in [0.4, 0.5) is 4.39 Å². The third-order valence-electron chi connectivity index (χ3n) is 5.47. The highest BCUT2D eigenvalue weighted by atomic mass is 32.1. The highest BCUT2D eigenvalue weighted by Crippen LogP contribution is 2.40. The lowest BCUT2D eigenvalue weighted by Gasteiger charge is -2.21. The summed E-state index contributed by atoms with van der Waals surface area (Å²) >= 11 is 1.34. The summed E-state index contributed by atoms with van der Waals surface area (Å²) < 4.78 is 21.8. The number of hydrogen-bond acceptors (Lipinski definition) is 6. The standard InChI is InChI=1S/C24H24FN5O3S/c1-26-22(31)10-12-30(14-15-5-4-6-21(25)28-15)24(32)20-13-17-19(33-3)8-7-16(23(17)34-20)18-9-11-27-29(18)2/h4-9,11,13H,10,12,14H2,1-3H3,(H,26,31). The van der Waals surface area contributed by atoms with Crippen LogP contribution >= 0.6 is 11.3 Å². The van der Waals surface area contributed by atoms with Gasteiger partial charge in [0.15, 0.2) is 0 Å². The summed E-state index contributed by atoms with van der Waals surface area (Å²) in [6.07, 6.45) is 1.84. The summed E-state index contributed by atoms with van der Waals surface area (Å²) in [6.45, 7) is 0.240. The fourth-order valence-corrected chi connectivity index (χ4v) is 4.89. The second kappa shape index (κ2) is 10.0. The van der Waals surface area contributed by atoms with Gasteiger partial charge in [-0.1, -0.05) is 6.07 Å². The molecule has 0 aliphatic carbocycles. The molecule has 34 heavy (non-hydrogen) atoms. The summed E-state index contributed by atoms with van der Waals surface area (Å²) in [7, 11) is 4.99. The lowest BCUT2D eigenvalue weighted by Crippen LogP contribution is -2.34. The zero-order valence-electron chi connectivity index (χ0n) is 19.0. The second-order valence-electron chi connectivity index (χ2n) is 7.61. The zero-order valence-corrected chi connectivity index (χ0v) is 19.9. The minimum atomic E-state index is -0.622. The zero-order chi connectivity index (χ0) is 24.2. The van der Waals surface area contributed by atoms with E-state index < -0.39 is 5.95 Å². The fraction of sp³-hybridized carbons (Fsp3) is 0.250. The molecule has 3 aromatic heterocycles. The van der Waals surface area contributed by atoms with E-state index in [9.17, 15) is 14.0 Å². The number of thiophene rings is 1. The molecule has 0 radical (unpaired) electrons. The van der Waals surface area contributed by atoms with Gasteiger partial charge in [-0.05, 0) is 36.4 Å². The molecule has 4 aromatic rings. The molecule has 0 atom stereocenters. The van der Waals surface area contributed by atoms with Gasteiger partial charge in [0.1, 0.15) is 5.75 Å². The SMILES string of the molecule is CNC(=O)CCN(Cc1cccc(F)n1)C(=O)c1cc2c(OC)ccc(-c3ccnn3C)c2s1. The third-order valence-corrected chi connectivity index (χ3v) is 6.63. The molecule has 0 fully saturated rings. The number of amides is 2. The van der Waals surface area contributed by atoms with E-state index in [-0.39, 0.29) is 31.3 Å². The van der Waals surface area contributed by atoms with Crippen molar-refractivity contribution in [1.29, 1.82) is 0 Å². The molecule has 0 spiro atoms. The van der Waals surface area contributed by atoms with Crippen molar-refractivity contribution in [2.45, 2.75) is 13.0 Å². The summed E-state index contributed by atoms with van der Waals surface area (Å²) in [4.78, 5) is 31.3. The lowest BCUT2D eigenvalue weighted by molar-refractivity contribution is -0.120. The first kappa shape index (κ1) is 23.4. The van der Waals surface area contributed by atoms with E-state index >= 15 is 0 Å². The maximum atomic E-state index is 13.6. The number of nitrogens with zero attached hydrogens (tertiary/aromatic N) is 4. The summed E-state index contributed by atoms with van der Waals surface area (Å²) in [5.41, 5.74) is 2.25. The van der Waals surface area contributed by atoms with Crippen molar-refractivity contribution in [3.63, 3.8) is 0 Å². The maximum Gasteiger partial charge on any atom is 0.264 e. The number of aromatic nitrogens is 3. The smallest absolute Gasteiger partial charge is 0.264 e. The van der Waals surface area contributed by atoms with Crippen molar-refractivity contribution in [2.75, 3.05) is 20.7 Å². The highest BCUT2D eigenvalue weighted by Gasteiger charge is 2.23. The molecule has 3 heterocycles. The van der Waals surface area contributed by atoms with Crippen molar-refractivity contribution in [2.24, 2.45) is 7.05 Å². The number of carbonyl (C=O) groups is 2. The number of pyridine rings is 1. The Balaban J connectivity index is 1.74. The number of hydrogen-bond donors (Lipinski definition) is 1. The molecule has 8 nitrogen and oxygen atoms in total. The van der Waals surface area contributed by atoms with Gasteiger partial charge < -0.3 is 15.0 Å². The molecular formula is C24H24FN5O3S. The predicted molar refractivity (Wildman–Crippen MR) is 128 cm³/mol. The van der Waals surface area contributed by atoms with Gasteiger partial charge in [0.25, 0.3) is 5.91 Å². The van der Waals surface area contributed by atoms with E-state index in [1.807, 2.05) is 25.2 Å². The van der Waals surface area contributed by atoms with Crippen molar-refractivity contribution < 1.29 is 18.7 Å². The van der Waals surface area contributed by atoms with Crippen LogP contribution in [0.2, 0.25) is 0 Å². The Morgan fingerprint density at radius 1 is 1.24 bits per heavy atom. The Morgan fingerprint density at radius 2 is 2.06 bits per heavy atom. The van der Waals surface area contributed by atoms with Gasteiger partial charge in [-0.2, -0.15) is 9.49 Å². The van der Waals surface area contributed by atoms with Crippen molar-refractivity contribution in [3.8, 4) is 17.0 Å². The number of nitrogens with one attached hydrogen (secondary N) is 1. The van der Waals surface area contributed by atoms with E-state index in [1.165, 1.54) is 22.3 Å². The molecule has 1 aromatic carbocycles. The number of rotatable bonds is 8. The minimum absolute atomic E-state index is 0.0769. The van der Waals surface area contributed by atoms with Crippen LogP contribution in [0.5, 0.6) is 5.75 Å². The number of carbonyl (C=O) groups excluding carboxylic acids is 2. The Labute approximate surface area is 200 Å². The third kappa shape index (κ3) is 4.76. The molecule has 176 valence electrons. The van der Waals surface area contributed by atoms with Gasteiger partial charge in [0, 0.05) is 48.9 Å². The summed E-state index contributed by atoms with van der Waals surface area (Å²) in [5, 5.41) is 7.63. The van der Waals surface area contributed by atoms with Crippen LogP contribution in [0.1, 0.15) is 21.8 Å². The number of halogens is 1. The summed E-state index contributed by atoms with van der Waals surface area (Å²) in [6, 6.07) is 12.0. The quantitative estimate of drug-likeness (QED) is 0.388. The molecule has 0 saturated heterocycles. The van der Waals surface area contributed by atoms with Crippen LogP contribution in [-0.2, 0) is 18.4 Å². The average Bonchev–Trinajstić information content (AvgIpc) is 3.47. The first-order chi connectivity index (χ1) is 16.4. The summed E-state index contributed by atoms with van der Waals surface area (Å²) in [5.74, 6) is -0.431. The molecule has 0 aliphatic rings. The van der Waals surface area contributed by atoms with Crippen LogP contribution in [0.3, 0.4) is 0 Å². The van der Waals surface area contributed by atoms with Gasteiger partial charge in [0.05, 0.1) is 29.9 Å². The fourth-order valence-electron chi connectivity index (χ4n) is 3.73. The Kier molecular flexibility index (Phi) is 6.87. The molecular weight excluding hydrogens is 457 g/mol. The lowest BCUT2D eigenvalue weighted by atomic mass is 10.1. The molecule has 0 unspecified atom stereocenters. The van der Waals surface area contributed by atoms with Crippen LogP contribution in [0.25, 0.3) is 21.3 Å². The van der Waals surface area contributed by atoms with Crippen molar-refractivity contribution in [1.82, 2.24) is 25.0 Å². The number of methoxy groups -OCH3 is 1. The normalized spacial score (nSPS) is 10.9. The first-order valence-electron chi connectivity index (χ1n) is 10.6. The van der Waals surface area contributed by atoms with Crippen LogP contribution < -0.4 is 10.1 Å². The predicted octanol–water partition coefficient (Wildman–Crippen LogP) is 3.62. The molecule has 2 amide bonds. The van der Waals surface area contributed by atoms with Crippen LogP contribution in [0, 0.1) is 5.95 Å². The molecule has 0 bridgehead atoms. The molecule has 4 rings (SSSR count). The Morgan fingerprint density at radius 3 is 2.74 bits per heavy atom. The van der Waals surface area contributed by atoms with E-state index in [0.717, 1.165) is 21.3 Å². The number of benzene rings is 1. The van der Waals surface area contributed by atoms with E-state index in [1.54, 1.807) is 43.2 Å². The molecule has 0 aliphatic heterocycles. The Bertz CT molecular complexity index is 1350. The van der Waals surface area contributed by atoms with Gasteiger partial charge in [-0.3, -0.25) is 14.3 Å². The molecule has 1 N–H and O–H groups in total. The monoisotopic (exact) mass is 481 g/mol. The maximum absolute atomic E-state index is 13.6. The van der Waals surface area contributed by atoms with E-state index in [0.29, 0.717) is 16.3 Å². The first-order valence-corrected chi connectivity index (χ1v) is 11.4. The highest BCUT2D eigenvalue weighted by molar-refractivity contribution is 7.21. The van der Waals surface area contributed by atoms with Crippen LogP contribution in [0.15, 0.2) is 48.7 Å². The number of fused-ring (bicyclic) bond motifs is 1. The van der Waals surface area contributed by atoms with Gasteiger partial charge in [-0.15, -0.1) is 11.3 Å². The molecule has 10 heteroatoms. The second-order valence-corrected chi connectivity index (χ2v) is 8.66. The van der Waals surface area contributed by atoms with Gasteiger partial charge >= 0.3 is 0 Å². The topological polar surface area (TPSA) is 89.3 Å². The minimum Gasteiger partial charge on any atom is -0.496 e. The van der Waals surface area contributed by atoms with E-state index in [2.05, 4.69) is 15.4 Å². The van der Waals surface area contributed by atoms with Gasteiger partial charge in [-0.25, -0.2) is 4.98 Å². The van der Waals surface area contributed by atoms with Crippen LogP contribution in [-0.4, -0.2) is 52.2 Å². The van der Waals surface area contributed by atoms with E-state index in [4.69, 9.17) is 4.74 Å².